The Labute approximate surface area is 214 Å². The van der Waals surface area contributed by atoms with Crippen LogP contribution in [0.4, 0.5) is 5.69 Å². The maximum Gasteiger partial charge on any atom is 1.00 e. The van der Waals surface area contributed by atoms with Crippen LogP contribution in [0.15, 0.2) is 61.5 Å². The zero-order valence-electron chi connectivity index (χ0n) is 19.2. The zero-order chi connectivity index (χ0) is 21.9. The summed E-state index contributed by atoms with van der Waals surface area (Å²) in [6, 6.07) is 4.12. The first kappa shape index (κ1) is 25.9. The molecular formula is C26H30N5Na. The molecule has 1 aliphatic heterocycles. The third kappa shape index (κ3) is 7.96. The second kappa shape index (κ2) is 13.9. The molecule has 5 nitrogen and oxygen atoms in total. The largest absolute Gasteiger partial charge is 1.00 e. The summed E-state index contributed by atoms with van der Waals surface area (Å²) in [4.78, 5) is 7.14. The number of hydrogen-bond donors (Lipinski definition) is 2. The molecule has 0 saturated carbocycles. The molecule has 0 unspecified atom stereocenters. The molecule has 1 saturated heterocycles. The van der Waals surface area contributed by atoms with Crippen molar-refractivity contribution in [3.8, 4) is 11.8 Å². The maximum atomic E-state index is 4.60. The van der Waals surface area contributed by atoms with Gasteiger partial charge in [0.05, 0.1) is 35.0 Å². The first-order chi connectivity index (χ1) is 15.2. The molecule has 1 aliphatic rings. The first-order valence-electron chi connectivity index (χ1n) is 10.7. The van der Waals surface area contributed by atoms with Gasteiger partial charge < -0.3 is 10.2 Å². The van der Waals surface area contributed by atoms with Crippen LogP contribution < -0.4 is 34.9 Å². The van der Waals surface area contributed by atoms with Crippen molar-refractivity contribution >= 4 is 11.4 Å². The number of aryl methyl sites for hydroxylation is 1. The molecule has 6 heteroatoms. The van der Waals surface area contributed by atoms with Gasteiger partial charge in [0, 0.05) is 5.69 Å². The molecular weight excluding hydrogens is 405 g/mol. The van der Waals surface area contributed by atoms with E-state index < -0.39 is 0 Å². The summed E-state index contributed by atoms with van der Waals surface area (Å²) in [5.41, 5.74) is 5.09. The van der Waals surface area contributed by atoms with Gasteiger partial charge in [-0.05, 0) is 57.5 Å². The SMILES string of the molecule is C=C[C-]=C/C(C#Cc1cn[nH]c1C(=C)Nc1ccc(CCCN2CCCC2)nc1)=C\C.[Na+]. The fourth-order valence-corrected chi connectivity index (χ4v) is 3.46. The van der Waals surface area contributed by atoms with Crippen LogP contribution in [0.25, 0.3) is 5.70 Å². The van der Waals surface area contributed by atoms with E-state index in [9.17, 15) is 0 Å². The fourth-order valence-electron chi connectivity index (χ4n) is 3.46. The molecule has 3 heterocycles. The first-order valence-corrected chi connectivity index (χ1v) is 10.7. The molecule has 0 bridgehead atoms. The number of aromatic nitrogens is 3. The van der Waals surface area contributed by atoms with E-state index in [0.717, 1.165) is 41.1 Å². The number of H-pyrrole nitrogens is 1. The summed E-state index contributed by atoms with van der Waals surface area (Å²) in [5, 5.41) is 10.4. The Morgan fingerprint density at radius 3 is 2.81 bits per heavy atom. The van der Waals surface area contributed by atoms with E-state index in [2.05, 4.69) is 62.5 Å². The van der Waals surface area contributed by atoms with Crippen LogP contribution in [0.3, 0.4) is 0 Å². The standard InChI is InChI=1S/C26H30N5.Na/c1-4-6-10-22(5-2)12-13-23-19-28-30-26(23)21(3)29-25-15-14-24(27-20-25)11-9-18-31-16-7-8-17-31;/h4-5,10,14-15,19-20,29H,1,3,7-9,11,16-18H2,2H3,(H,28,30);/q-1;+1/b22-5+;. The zero-order valence-corrected chi connectivity index (χ0v) is 21.2. The van der Waals surface area contributed by atoms with E-state index in [1.807, 2.05) is 25.3 Å². The van der Waals surface area contributed by atoms with Crippen molar-refractivity contribution in [2.75, 3.05) is 25.0 Å². The number of nitrogens with zero attached hydrogens (tertiary/aromatic N) is 3. The summed E-state index contributed by atoms with van der Waals surface area (Å²) in [7, 11) is 0. The van der Waals surface area contributed by atoms with Gasteiger partial charge in [0.1, 0.15) is 0 Å². The monoisotopic (exact) mass is 435 g/mol. The Morgan fingerprint density at radius 2 is 2.12 bits per heavy atom. The fraction of sp³-hybridized carbons (Fsp3) is 0.308. The molecule has 2 aromatic heterocycles. The van der Waals surface area contributed by atoms with Gasteiger partial charge in [0.2, 0.25) is 0 Å². The topological polar surface area (TPSA) is 56.8 Å². The molecule has 0 atom stereocenters. The number of allylic oxidation sites excluding steroid dienone is 5. The van der Waals surface area contributed by atoms with Gasteiger partial charge in [-0.25, -0.2) is 0 Å². The molecule has 0 aromatic carbocycles. The molecule has 3 rings (SSSR count). The summed E-state index contributed by atoms with van der Waals surface area (Å²) >= 11 is 0. The summed E-state index contributed by atoms with van der Waals surface area (Å²) < 4.78 is 0. The second-order valence-electron chi connectivity index (χ2n) is 7.46. The predicted octanol–water partition coefficient (Wildman–Crippen LogP) is 1.76. The van der Waals surface area contributed by atoms with Gasteiger partial charge in [0.25, 0.3) is 0 Å². The molecule has 2 N–H and O–H groups in total. The van der Waals surface area contributed by atoms with Crippen molar-refractivity contribution in [3.63, 3.8) is 0 Å². The summed E-state index contributed by atoms with van der Waals surface area (Å²) in [5.74, 6) is 6.25. The minimum Gasteiger partial charge on any atom is -0.353 e. The van der Waals surface area contributed by atoms with E-state index in [1.165, 1.54) is 32.5 Å². The van der Waals surface area contributed by atoms with Gasteiger partial charge >= 0.3 is 29.6 Å². The van der Waals surface area contributed by atoms with Gasteiger partial charge in [0.15, 0.2) is 0 Å². The predicted molar refractivity (Wildman–Crippen MR) is 128 cm³/mol. The summed E-state index contributed by atoms with van der Waals surface area (Å²) in [6.07, 6.45) is 16.6. The molecule has 1 fully saturated rings. The number of rotatable bonds is 9. The smallest absolute Gasteiger partial charge is 0.353 e. The van der Waals surface area contributed by atoms with Crippen molar-refractivity contribution in [1.82, 2.24) is 20.1 Å². The van der Waals surface area contributed by atoms with E-state index >= 15 is 0 Å². The van der Waals surface area contributed by atoms with E-state index in [1.54, 1.807) is 18.3 Å². The number of nitrogens with one attached hydrogen (secondary N) is 2. The average Bonchev–Trinajstić information content (AvgIpc) is 3.47. The van der Waals surface area contributed by atoms with Crippen molar-refractivity contribution < 1.29 is 29.6 Å². The van der Waals surface area contributed by atoms with Crippen molar-refractivity contribution in [2.45, 2.75) is 32.6 Å². The molecule has 2 aromatic rings. The number of anilines is 1. The van der Waals surface area contributed by atoms with Gasteiger partial charge in [-0.2, -0.15) is 29.9 Å². The van der Waals surface area contributed by atoms with Crippen molar-refractivity contribution in [1.29, 1.82) is 0 Å². The third-order valence-electron chi connectivity index (χ3n) is 5.18. The van der Waals surface area contributed by atoms with Crippen LogP contribution in [-0.4, -0.2) is 39.7 Å². The summed E-state index contributed by atoms with van der Waals surface area (Å²) in [6.45, 7) is 13.4. The van der Waals surface area contributed by atoms with Crippen LogP contribution in [0.2, 0.25) is 0 Å². The Bertz CT molecular complexity index is 999. The number of hydrogen-bond acceptors (Lipinski definition) is 4. The third-order valence-corrected chi connectivity index (χ3v) is 5.18. The second-order valence-corrected chi connectivity index (χ2v) is 7.46. The Morgan fingerprint density at radius 1 is 1.31 bits per heavy atom. The minimum absolute atomic E-state index is 0. The molecule has 0 radical (unpaired) electrons. The van der Waals surface area contributed by atoms with Crippen LogP contribution >= 0.6 is 0 Å². The molecule has 32 heavy (non-hydrogen) atoms. The number of pyridine rings is 1. The van der Waals surface area contributed by atoms with Crippen molar-refractivity contribution in [2.24, 2.45) is 0 Å². The van der Waals surface area contributed by atoms with Crippen LogP contribution in [0.5, 0.6) is 0 Å². The molecule has 160 valence electrons. The Kier molecular flexibility index (Phi) is 11.3. The Hall–Kier alpha value is -2.36. The van der Waals surface area contributed by atoms with E-state index in [4.69, 9.17) is 0 Å². The average molecular weight is 436 g/mol. The quantitative estimate of drug-likeness (QED) is 0.273. The van der Waals surface area contributed by atoms with Crippen LogP contribution in [0, 0.1) is 17.9 Å². The van der Waals surface area contributed by atoms with Crippen LogP contribution in [0.1, 0.15) is 43.1 Å². The van der Waals surface area contributed by atoms with E-state index in [0.29, 0.717) is 5.70 Å². The normalized spacial score (nSPS) is 14.0. The number of aromatic amines is 1. The Balaban J connectivity index is 0.00000363. The number of likely N-dealkylation sites (tertiary alicyclic amines) is 1. The molecule has 0 aliphatic carbocycles. The van der Waals surface area contributed by atoms with Gasteiger partial charge in [-0.15, -0.1) is 12.0 Å². The maximum absolute atomic E-state index is 4.60. The van der Waals surface area contributed by atoms with Gasteiger partial charge in [-0.1, -0.05) is 25.0 Å². The van der Waals surface area contributed by atoms with E-state index in [-0.39, 0.29) is 29.6 Å². The van der Waals surface area contributed by atoms with Gasteiger partial charge in [-0.3, -0.25) is 10.1 Å². The molecule has 0 spiro atoms. The minimum atomic E-state index is 0. The van der Waals surface area contributed by atoms with Crippen LogP contribution in [-0.2, 0) is 6.42 Å². The molecule has 0 amide bonds. The van der Waals surface area contributed by atoms with Crippen molar-refractivity contribution in [3.05, 3.63) is 84.5 Å².